The molecule has 2 aromatic rings. The van der Waals surface area contributed by atoms with Gasteiger partial charge in [0.15, 0.2) is 5.69 Å². The highest BCUT2D eigenvalue weighted by Gasteiger charge is 2.42. The monoisotopic (exact) mass is 396 g/mol. The van der Waals surface area contributed by atoms with Gasteiger partial charge in [0.25, 0.3) is 5.91 Å². The van der Waals surface area contributed by atoms with Crippen molar-refractivity contribution in [3.05, 3.63) is 47.5 Å². The Balaban J connectivity index is 1.68. The van der Waals surface area contributed by atoms with Crippen LogP contribution in [0.5, 0.6) is 0 Å². The number of benzene rings is 1. The highest BCUT2D eigenvalue weighted by atomic mass is 19.4. The fourth-order valence-electron chi connectivity index (χ4n) is 4.18. The third-order valence-corrected chi connectivity index (χ3v) is 5.66. The van der Waals surface area contributed by atoms with Crippen molar-refractivity contribution in [3.63, 3.8) is 0 Å². The Morgan fingerprint density at radius 3 is 2.36 bits per heavy atom. The number of hydrogen-bond donors (Lipinski definition) is 1. The SMILES string of the molecule is O=C(c1cnn(-c2ccccc2F)c1C(F)(F)F)N1CC[C@@H]2CNC[C@@H]2CC1. The number of para-hydroxylation sites is 1. The first-order chi connectivity index (χ1) is 13.4. The summed E-state index contributed by atoms with van der Waals surface area (Å²) in [7, 11) is 0. The molecule has 2 saturated heterocycles. The van der Waals surface area contributed by atoms with E-state index in [0.29, 0.717) is 29.6 Å². The molecule has 0 radical (unpaired) electrons. The molecule has 1 N–H and O–H groups in total. The van der Waals surface area contributed by atoms with E-state index in [1.807, 2.05) is 0 Å². The average molecular weight is 396 g/mol. The van der Waals surface area contributed by atoms with Crippen LogP contribution in [-0.4, -0.2) is 46.8 Å². The third kappa shape index (κ3) is 3.39. The molecule has 0 spiro atoms. The lowest BCUT2D eigenvalue weighted by Gasteiger charge is -2.21. The molecule has 3 heterocycles. The first-order valence-electron chi connectivity index (χ1n) is 9.26. The summed E-state index contributed by atoms with van der Waals surface area (Å²) in [6, 6.07) is 5.06. The normalized spacial score (nSPS) is 22.8. The molecule has 1 aromatic carbocycles. The number of carbonyl (C=O) groups excluding carboxylic acids is 1. The van der Waals surface area contributed by atoms with Gasteiger partial charge in [-0.15, -0.1) is 0 Å². The minimum absolute atomic E-state index is 0.342. The van der Waals surface area contributed by atoms with E-state index in [9.17, 15) is 22.4 Å². The zero-order valence-electron chi connectivity index (χ0n) is 15.0. The van der Waals surface area contributed by atoms with Gasteiger partial charge in [0.05, 0.1) is 11.8 Å². The first kappa shape index (κ1) is 18.9. The van der Waals surface area contributed by atoms with Crippen molar-refractivity contribution in [2.45, 2.75) is 19.0 Å². The number of nitrogens with one attached hydrogen (secondary N) is 1. The van der Waals surface area contributed by atoms with Gasteiger partial charge in [-0.25, -0.2) is 9.07 Å². The Hall–Kier alpha value is -2.42. The lowest BCUT2D eigenvalue weighted by atomic mass is 9.92. The van der Waals surface area contributed by atoms with E-state index in [1.165, 1.54) is 23.1 Å². The van der Waals surface area contributed by atoms with Crippen molar-refractivity contribution < 1.29 is 22.4 Å². The predicted octanol–water partition coefficient (Wildman–Crippen LogP) is 3.10. The van der Waals surface area contributed by atoms with E-state index >= 15 is 0 Å². The number of alkyl halides is 3. The van der Waals surface area contributed by atoms with Gasteiger partial charge in [-0.2, -0.15) is 18.3 Å². The number of halogens is 4. The van der Waals surface area contributed by atoms with E-state index in [4.69, 9.17) is 0 Å². The van der Waals surface area contributed by atoms with Gasteiger partial charge >= 0.3 is 6.18 Å². The zero-order chi connectivity index (χ0) is 19.9. The van der Waals surface area contributed by atoms with E-state index in [2.05, 4.69) is 10.4 Å². The van der Waals surface area contributed by atoms with Crippen LogP contribution in [0.1, 0.15) is 28.9 Å². The van der Waals surface area contributed by atoms with Gasteiger partial charge < -0.3 is 10.2 Å². The molecule has 5 nitrogen and oxygen atoms in total. The molecule has 0 aliphatic carbocycles. The van der Waals surface area contributed by atoms with Gasteiger partial charge in [0.2, 0.25) is 0 Å². The van der Waals surface area contributed by atoms with Crippen LogP contribution in [0.2, 0.25) is 0 Å². The summed E-state index contributed by atoms with van der Waals surface area (Å²) >= 11 is 0. The van der Waals surface area contributed by atoms with E-state index in [-0.39, 0.29) is 5.69 Å². The van der Waals surface area contributed by atoms with E-state index < -0.39 is 29.2 Å². The fraction of sp³-hybridized carbons (Fsp3) is 0.474. The Bertz CT molecular complexity index is 865. The van der Waals surface area contributed by atoms with Crippen molar-refractivity contribution in [2.24, 2.45) is 11.8 Å². The number of nitrogens with zero attached hydrogens (tertiary/aromatic N) is 3. The maximum Gasteiger partial charge on any atom is 0.434 e. The Morgan fingerprint density at radius 2 is 1.75 bits per heavy atom. The molecule has 2 atom stereocenters. The van der Waals surface area contributed by atoms with Gasteiger partial charge in [-0.3, -0.25) is 4.79 Å². The topological polar surface area (TPSA) is 50.2 Å². The van der Waals surface area contributed by atoms with Crippen molar-refractivity contribution in [1.29, 1.82) is 0 Å². The average Bonchev–Trinajstić information content (AvgIpc) is 3.24. The molecule has 150 valence electrons. The molecule has 0 bridgehead atoms. The molecule has 2 aliphatic heterocycles. The molecule has 9 heteroatoms. The minimum atomic E-state index is -4.85. The summed E-state index contributed by atoms with van der Waals surface area (Å²) in [5.41, 5.74) is -2.13. The number of hydrogen-bond acceptors (Lipinski definition) is 3. The number of rotatable bonds is 2. The van der Waals surface area contributed by atoms with Crippen LogP contribution in [0.3, 0.4) is 0 Å². The van der Waals surface area contributed by atoms with Gasteiger partial charge in [0, 0.05) is 13.1 Å². The number of fused-ring (bicyclic) bond motifs is 1. The second-order valence-corrected chi connectivity index (χ2v) is 7.32. The molecular weight excluding hydrogens is 376 g/mol. The van der Waals surface area contributed by atoms with Crippen molar-refractivity contribution in [3.8, 4) is 5.69 Å². The van der Waals surface area contributed by atoms with E-state index in [1.54, 1.807) is 0 Å². The first-order valence-corrected chi connectivity index (χ1v) is 9.26. The smallest absolute Gasteiger partial charge is 0.339 e. The zero-order valence-corrected chi connectivity index (χ0v) is 15.0. The lowest BCUT2D eigenvalue weighted by molar-refractivity contribution is -0.143. The van der Waals surface area contributed by atoms with E-state index in [0.717, 1.165) is 38.2 Å². The molecule has 28 heavy (non-hydrogen) atoms. The predicted molar refractivity (Wildman–Crippen MR) is 93.5 cm³/mol. The number of carbonyl (C=O) groups is 1. The molecule has 1 amide bonds. The van der Waals surface area contributed by atoms with Crippen LogP contribution < -0.4 is 5.32 Å². The van der Waals surface area contributed by atoms with Crippen LogP contribution >= 0.6 is 0 Å². The van der Waals surface area contributed by atoms with Gasteiger partial charge in [-0.1, -0.05) is 12.1 Å². The minimum Gasteiger partial charge on any atom is -0.339 e. The summed E-state index contributed by atoms with van der Waals surface area (Å²) in [4.78, 5) is 14.4. The van der Waals surface area contributed by atoms with Crippen LogP contribution in [0, 0.1) is 17.7 Å². The van der Waals surface area contributed by atoms with Crippen LogP contribution in [0.4, 0.5) is 17.6 Å². The quantitative estimate of drug-likeness (QED) is 0.794. The Labute approximate surface area is 159 Å². The second-order valence-electron chi connectivity index (χ2n) is 7.32. The number of likely N-dealkylation sites (tertiary alicyclic amines) is 1. The van der Waals surface area contributed by atoms with Crippen LogP contribution in [0.15, 0.2) is 30.5 Å². The molecule has 0 saturated carbocycles. The molecule has 0 unspecified atom stereocenters. The highest BCUT2D eigenvalue weighted by molar-refractivity contribution is 5.95. The summed E-state index contributed by atoms with van der Waals surface area (Å²) < 4.78 is 55.9. The molecule has 4 rings (SSSR count). The number of amides is 1. The maximum atomic E-state index is 14.1. The highest BCUT2D eigenvalue weighted by Crippen LogP contribution is 2.35. The Kier molecular flexibility index (Phi) is 4.86. The van der Waals surface area contributed by atoms with Crippen molar-refractivity contribution in [1.82, 2.24) is 20.0 Å². The van der Waals surface area contributed by atoms with Crippen molar-refractivity contribution in [2.75, 3.05) is 26.2 Å². The summed E-state index contributed by atoms with van der Waals surface area (Å²) in [6.07, 6.45) is -2.45. The summed E-state index contributed by atoms with van der Waals surface area (Å²) in [5.74, 6) is -0.657. The van der Waals surface area contributed by atoms with Crippen LogP contribution in [-0.2, 0) is 6.18 Å². The second kappa shape index (κ2) is 7.20. The summed E-state index contributed by atoms with van der Waals surface area (Å²) in [6.45, 7) is 2.57. The maximum absolute atomic E-state index is 14.1. The Morgan fingerprint density at radius 1 is 1.11 bits per heavy atom. The molecule has 2 fully saturated rings. The summed E-state index contributed by atoms with van der Waals surface area (Å²) in [5, 5.41) is 7.03. The van der Waals surface area contributed by atoms with Crippen molar-refractivity contribution >= 4 is 5.91 Å². The standard InChI is InChI=1S/C19H20F4N4O/c20-15-3-1-2-4-16(15)27-17(19(21,22)23)14(11-25-27)18(28)26-7-5-12-9-24-10-13(12)6-8-26/h1-4,11-13,24H,5-10H2/t12-,13+. The molecule has 2 aliphatic rings. The van der Waals surface area contributed by atoms with Gasteiger partial charge in [-0.05, 0) is 49.9 Å². The molecule has 1 aromatic heterocycles. The van der Waals surface area contributed by atoms with Gasteiger partial charge in [0.1, 0.15) is 11.5 Å². The lowest BCUT2D eigenvalue weighted by Crippen LogP contribution is -2.34. The largest absolute Gasteiger partial charge is 0.434 e. The fourth-order valence-corrected chi connectivity index (χ4v) is 4.18. The molecular formula is C19H20F4N4O. The third-order valence-electron chi connectivity index (χ3n) is 5.66. The number of aromatic nitrogens is 2. The van der Waals surface area contributed by atoms with Crippen LogP contribution in [0.25, 0.3) is 5.69 Å².